The van der Waals surface area contributed by atoms with Gasteiger partial charge in [0.05, 0.1) is 44.7 Å². The molecule has 0 aromatic carbocycles. The number of carbonyl (C=O) groups excluding carboxylic acids is 4. The molecule has 0 fully saturated rings. The van der Waals surface area contributed by atoms with Gasteiger partial charge >= 0.3 is 11.9 Å². The molecular formula is C21H24N2O8. The molecule has 31 heavy (non-hydrogen) atoms. The number of fused-ring (bicyclic) bond motifs is 2. The van der Waals surface area contributed by atoms with Crippen LogP contribution in [0.1, 0.15) is 25.0 Å². The van der Waals surface area contributed by atoms with E-state index in [0.717, 1.165) is 0 Å². The average molecular weight is 432 g/mol. The lowest BCUT2D eigenvalue weighted by molar-refractivity contribution is -0.139. The first-order chi connectivity index (χ1) is 14.9. The van der Waals surface area contributed by atoms with Gasteiger partial charge in [-0.2, -0.15) is 0 Å². The van der Waals surface area contributed by atoms with Gasteiger partial charge in [0.15, 0.2) is 0 Å². The van der Waals surface area contributed by atoms with Crippen molar-refractivity contribution in [2.75, 3.05) is 20.8 Å². The van der Waals surface area contributed by atoms with Crippen molar-refractivity contribution in [1.82, 2.24) is 10.6 Å². The van der Waals surface area contributed by atoms with Crippen molar-refractivity contribution in [3.05, 3.63) is 47.5 Å². The lowest BCUT2D eigenvalue weighted by atomic mass is 9.86. The second-order valence-corrected chi connectivity index (χ2v) is 7.05. The summed E-state index contributed by atoms with van der Waals surface area (Å²) in [5.74, 6) is -1.28. The normalized spacial score (nSPS) is 21.2. The van der Waals surface area contributed by atoms with Crippen LogP contribution in [0.15, 0.2) is 46.1 Å². The summed E-state index contributed by atoms with van der Waals surface area (Å²) < 4.78 is 20.5. The number of rotatable bonds is 10. The maximum Gasteiger partial charge on any atom is 0.337 e. The molecule has 10 nitrogen and oxygen atoms in total. The van der Waals surface area contributed by atoms with E-state index in [0.29, 0.717) is 12.2 Å². The van der Waals surface area contributed by atoms with Crippen molar-refractivity contribution in [1.29, 1.82) is 0 Å². The van der Waals surface area contributed by atoms with Gasteiger partial charge in [-0.15, -0.1) is 0 Å². The van der Waals surface area contributed by atoms with Crippen LogP contribution in [0.4, 0.5) is 0 Å². The lowest BCUT2D eigenvalue weighted by Gasteiger charge is -2.25. The minimum absolute atomic E-state index is 0.0203. The highest BCUT2D eigenvalue weighted by atomic mass is 16.6. The van der Waals surface area contributed by atoms with Gasteiger partial charge in [-0.25, -0.2) is 9.59 Å². The standard InChI is InChI=1S/C21H24N2O8/c1-28-19(26)17-14-8-9-21(31-14,18(17)20(27)29-2)12-23-16(25)7-3-6-15(24)22-11-13-5-4-10-30-13/h4-5,8-10,14H,3,6-7,11-12H2,1-2H3,(H,22,24)(H,23,25). The van der Waals surface area contributed by atoms with Crippen molar-refractivity contribution in [3.8, 4) is 0 Å². The number of amides is 2. The summed E-state index contributed by atoms with van der Waals surface area (Å²) >= 11 is 0. The van der Waals surface area contributed by atoms with Crippen LogP contribution < -0.4 is 10.6 Å². The molecule has 3 heterocycles. The second kappa shape index (κ2) is 9.61. The zero-order chi connectivity index (χ0) is 22.4. The van der Waals surface area contributed by atoms with E-state index in [-0.39, 0.29) is 48.9 Å². The molecule has 0 saturated heterocycles. The SMILES string of the molecule is COC(=O)C1=C(C(=O)OC)C2(CNC(=O)CCCC(=O)NCc3ccco3)C=CC1O2. The molecule has 1 aromatic rings. The molecule has 2 N–H and O–H groups in total. The van der Waals surface area contributed by atoms with E-state index in [2.05, 4.69) is 10.6 Å². The smallest absolute Gasteiger partial charge is 0.337 e. The van der Waals surface area contributed by atoms with Gasteiger partial charge in [-0.3, -0.25) is 9.59 Å². The zero-order valence-electron chi connectivity index (χ0n) is 17.3. The summed E-state index contributed by atoms with van der Waals surface area (Å²) in [6.45, 7) is 0.227. The Morgan fingerprint density at radius 3 is 2.42 bits per heavy atom. The second-order valence-electron chi connectivity index (χ2n) is 7.05. The molecular weight excluding hydrogens is 408 g/mol. The van der Waals surface area contributed by atoms with Crippen LogP contribution >= 0.6 is 0 Å². The van der Waals surface area contributed by atoms with Crippen molar-refractivity contribution in [3.63, 3.8) is 0 Å². The highest BCUT2D eigenvalue weighted by Crippen LogP contribution is 2.43. The topological polar surface area (TPSA) is 133 Å². The Labute approximate surface area is 178 Å². The van der Waals surface area contributed by atoms with Crippen LogP contribution in [0.25, 0.3) is 0 Å². The first-order valence-electron chi connectivity index (χ1n) is 9.74. The minimum Gasteiger partial charge on any atom is -0.467 e. The summed E-state index contributed by atoms with van der Waals surface area (Å²) in [6.07, 6.45) is 4.67. The monoisotopic (exact) mass is 432 g/mol. The number of hydrogen-bond donors (Lipinski definition) is 2. The fraction of sp³-hybridized carbons (Fsp3) is 0.429. The Bertz CT molecular complexity index is 918. The van der Waals surface area contributed by atoms with E-state index in [4.69, 9.17) is 18.6 Å². The molecule has 3 rings (SSSR count). The van der Waals surface area contributed by atoms with Crippen LogP contribution in [-0.2, 0) is 39.9 Å². The number of hydrogen-bond acceptors (Lipinski definition) is 8. The van der Waals surface area contributed by atoms with E-state index in [1.807, 2.05) is 0 Å². The molecule has 10 heteroatoms. The number of esters is 2. The van der Waals surface area contributed by atoms with Crippen molar-refractivity contribution >= 4 is 23.8 Å². The van der Waals surface area contributed by atoms with E-state index >= 15 is 0 Å². The van der Waals surface area contributed by atoms with Gasteiger partial charge in [0.25, 0.3) is 0 Å². The maximum absolute atomic E-state index is 12.3. The number of ether oxygens (including phenoxy) is 3. The van der Waals surface area contributed by atoms with E-state index in [1.165, 1.54) is 20.5 Å². The molecule has 0 aliphatic carbocycles. The molecule has 2 bridgehead atoms. The molecule has 2 aliphatic heterocycles. The highest BCUT2D eigenvalue weighted by Gasteiger charge is 2.54. The van der Waals surface area contributed by atoms with Gasteiger partial charge in [0.1, 0.15) is 17.5 Å². The summed E-state index contributed by atoms with van der Waals surface area (Å²) in [5.41, 5.74) is -1.21. The zero-order valence-corrected chi connectivity index (χ0v) is 17.3. The summed E-state index contributed by atoms with van der Waals surface area (Å²) in [6, 6.07) is 3.49. The highest BCUT2D eigenvalue weighted by molar-refractivity contribution is 6.05. The molecule has 2 unspecified atom stereocenters. The van der Waals surface area contributed by atoms with Crippen LogP contribution in [-0.4, -0.2) is 56.2 Å². The molecule has 1 aromatic heterocycles. The van der Waals surface area contributed by atoms with E-state index < -0.39 is 23.6 Å². The number of nitrogens with one attached hydrogen (secondary N) is 2. The number of furan rings is 1. The predicted molar refractivity (Wildman–Crippen MR) is 105 cm³/mol. The van der Waals surface area contributed by atoms with Gasteiger partial charge < -0.3 is 29.3 Å². The number of carbonyl (C=O) groups is 4. The summed E-state index contributed by atoms with van der Waals surface area (Å²) in [5, 5.41) is 5.41. The Morgan fingerprint density at radius 2 is 1.77 bits per heavy atom. The van der Waals surface area contributed by atoms with E-state index in [1.54, 1.807) is 24.3 Å². The van der Waals surface area contributed by atoms with Crippen LogP contribution in [0, 0.1) is 0 Å². The molecule has 0 spiro atoms. The lowest BCUT2D eigenvalue weighted by Crippen LogP contribution is -2.44. The number of methoxy groups -OCH3 is 2. The first kappa shape index (κ1) is 22.3. The third-order valence-electron chi connectivity index (χ3n) is 5.05. The molecule has 2 amide bonds. The molecule has 2 aliphatic rings. The minimum atomic E-state index is -1.29. The summed E-state index contributed by atoms with van der Waals surface area (Å²) in [4.78, 5) is 48.5. The van der Waals surface area contributed by atoms with Crippen LogP contribution in [0.3, 0.4) is 0 Å². The van der Waals surface area contributed by atoms with Crippen molar-refractivity contribution < 1.29 is 37.8 Å². The van der Waals surface area contributed by atoms with Crippen LogP contribution in [0.5, 0.6) is 0 Å². The average Bonchev–Trinajstić information content (AvgIpc) is 3.50. The molecule has 166 valence electrons. The quantitative estimate of drug-likeness (QED) is 0.404. The third kappa shape index (κ3) is 4.85. The third-order valence-corrected chi connectivity index (χ3v) is 5.05. The Balaban J connectivity index is 1.50. The fourth-order valence-electron chi connectivity index (χ4n) is 3.53. The van der Waals surface area contributed by atoms with Crippen LogP contribution in [0.2, 0.25) is 0 Å². The van der Waals surface area contributed by atoms with Gasteiger partial charge in [-0.05, 0) is 24.6 Å². The van der Waals surface area contributed by atoms with Crippen molar-refractivity contribution in [2.45, 2.75) is 37.5 Å². The molecule has 0 saturated carbocycles. The van der Waals surface area contributed by atoms with Gasteiger partial charge in [0.2, 0.25) is 11.8 Å². The first-order valence-corrected chi connectivity index (χ1v) is 9.74. The molecule has 2 atom stereocenters. The Hall–Kier alpha value is -3.40. The van der Waals surface area contributed by atoms with Crippen molar-refractivity contribution in [2.24, 2.45) is 0 Å². The van der Waals surface area contributed by atoms with E-state index in [9.17, 15) is 19.2 Å². The predicted octanol–water partition coefficient (Wildman–Crippen LogP) is 0.532. The Kier molecular flexibility index (Phi) is 6.91. The molecule has 0 radical (unpaired) electrons. The largest absolute Gasteiger partial charge is 0.467 e. The van der Waals surface area contributed by atoms with Gasteiger partial charge in [0, 0.05) is 12.8 Å². The summed E-state index contributed by atoms with van der Waals surface area (Å²) in [7, 11) is 2.41. The van der Waals surface area contributed by atoms with Gasteiger partial charge in [-0.1, -0.05) is 6.08 Å². The Morgan fingerprint density at radius 1 is 1.06 bits per heavy atom. The fourth-order valence-corrected chi connectivity index (χ4v) is 3.53. The maximum atomic E-state index is 12.3.